The van der Waals surface area contributed by atoms with Crippen molar-refractivity contribution < 1.29 is 14.7 Å². The van der Waals surface area contributed by atoms with Gasteiger partial charge in [-0.1, -0.05) is 29.9 Å². The first-order valence-electron chi connectivity index (χ1n) is 12.8. The van der Waals surface area contributed by atoms with E-state index in [1.807, 2.05) is 23.6 Å². The molecular weight excluding hydrogens is 544 g/mol. The number of imidazole rings is 1. The number of likely N-dealkylation sites (tertiary alicyclic amines) is 1. The molecule has 1 aliphatic carbocycles. The number of aromatic nitrogens is 4. The van der Waals surface area contributed by atoms with Crippen molar-refractivity contribution in [3.8, 4) is 9.88 Å². The molecule has 6 rings (SSSR count). The number of thiophene rings is 1. The van der Waals surface area contributed by atoms with E-state index < -0.39 is 5.97 Å². The maximum atomic E-state index is 13.6. The summed E-state index contributed by atoms with van der Waals surface area (Å²) in [4.78, 5) is 33.5. The molecule has 0 radical (unpaired) electrons. The van der Waals surface area contributed by atoms with Gasteiger partial charge in [-0.25, -0.2) is 9.78 Å². The number of hydrogen-bond donors (Lipinski definition) is 2. The minimum Gasteiger partial charge on any atom is -0.478 e. The minimum absolute atomic E-state index is 0.0858. The lowest BCUT2D eigenvalue weighted by Gasteiger charge is -2.32. The smallest absolute Gasteiger partial charge is 0.335 e. The SMILES string of the molecule is CCc1cc(C(=O)O)cc2nc(C(=O)NC3CCN(C4CC4)CC3)n(Cc3nnc(-c4ccc(Cl)s4)s3)c12. The first-order valence-corrected chi connectivity index (χ1v) is 14.8. The fraction of sp³-hybridized carbons (Fsp3) is 0.423. The Labute approximate surface area is 232 Å². The quantitative estimate of drug-likeness (QED) is 0.308. The molecule has 0 atom stereocenters. The van der Waals surface area contributed by atoms with E-state index in [9.17, 15) is 14.7 Å². The fourth-order valence-corrected chi connectivity index (χ4v) is 7.08. The number of amides is 1. The zero-order chi connectivity index (χ0) is 26.4. The highest BCUT2D eigenvalue weighted by Gasteiger charge is 2.33. The second-order valence-electron chi connectivity index (χ2n) is 9.80. The summed E-state index contributed by atoms with van der Waals surface area (Å²) in [5, 5.41) is 23.0. The molecule has 3 aromatic heterocycles. The Kier molecular flexibility index (Phi) is 6.93. The molecule has 1 aromatic carbocycles. The van der Waals surface area contributed by atoms with Gasteiger partial charge in [0.1, 0.15) is 5.01 Å². The second-order valence-corrected chi connectivity index (χ2v) is 12.6. The van der Waals surface area contributed by atoms with Crippen molar-refractivity contribution in [2.45, 2.75) is 57.7 Å². The normalized spacial score (nSPS) is 16.8. The molecule has 4 aromatic rings. The number of hydrogen-bond acceptors (Lipinski definition) is 8. The van der Waals surface area contributed by atoms with Crippen molar-refractivity contribution in [3.05, 3.63) is 50.6 Å². The summed E-state index contributed by atoms with van der Waals surface area (Å²) < 4.78 is 2.54. The van der Waals surface area contributed by atoms with Gasteiger partial charge in [-0.2, -0.15) is 0 Å². The topological polar surface area (TPSA) is 113 Å². The number of halogens is 1. The van der Waals surface area contributed by atoms with Gasteiger partial charge in [0.2, 0.25) is 0 Å². The summed E-state index contributed by atoms with van der Waals surface area (Å²) in [5.41, 5.74) is 2.22. The van der Waals surface area contributed by atoms with Crippen LogP contribution in [0.5, 0.6) is 0 Å². The first-order chi connectivity index (χ1) is 18.4. The van der Waals surface area contributed by atoms with Gasteiger partial charge in [0.05, 0.1) is 32.4 Å². The molecule has 38 heavy (non-hydrogen) atoms. The highest BCUT2D eigenvalue weighted by Crippen LogP contribution is 2.34. The summed E-state index contributed by atoms with van der Waals surface area (Å²) in [7, 11) is 0. The third-order valence-electron chi connectivity index (χ3n) is 7.22. The Morgan fingerprint density at radius 2 is 1.92 bits per heavy atom. The standard InChI is InChI=1S/C26H27ClN6O3S2/c1-2-14-11-15(26(35)36)12-18-22(14)33(13-21-30-31-25(38-21)19-5-6-20(27)37-19)23(29-18)24(34)28-16-7-9-32(10-8-16)17-3-4-17/h5-6,11-12,16-17H,2-4,7-10,13H2,1H3,(H,28,34)(H,35,36). The number of fused-ring (bicyclic) bond motifs is 1. The van der Waals surface area contributed by atoms with Crippen LogP contribution in [0.3, 0.4) is 0 Å². The summed E-state index contributed by atoms with van der Waals surface area (Å²) >= 11 is 8.98. The number of carbonyl (C=O) groups is 2. The number of aryl methyl sites for hydroxylation is 1. The van der Waals surface area contributed by atoms with Crippen LogP contribution in [0.2, 0.25) is 4.34 Å². The van der Waals surface area contributed by atoms with Gasteiger partial charge < -0.3 is 19.9 Å². The molecule has 1 aliphatic heterocycles. The maximum absolute atomic E-state index is 13.6. The van der Waals surface area contributed by atoms with Crippen LogP contribution < -0.4 is 5.32 Å². The van der Waals surface area contributed by atoms with Crippen LogP contribution in [0.25, 0.3) is 20.9 Å². The molecule has 9 nitrogen and oxygen atoms in total. The number of rotatable bonds is 8. The Hall–Kier alpha value is -2.86. The van der Waals surface area contributed by atoms with Crippen LogP contribution >= 0.6 is 34.3 Å². The molecule has 1 saturated carbocycles. The number of nitrogens with zero attached hydrogens (tertiary/aromatic N) is 5. The molecule has 0 spiro atoms. The number of carboxylic acid groups (broad SMARTS) is 1. The van der Waals surface area contributed by atoms with Crippen molar-refractivity contribution in [2.75, 3.05) is 13.1 Å². The number of nitrogens with one attached hydrogen (secondary N) is 1. The molecule has 2 fully saturated rings. The lowest BCUT2D eigenvalue weighted by atomic mass is 10.0. The van der Waals surface area contributed by atoms with Crippen molar-refractivity contribution >= 4 is 57.2 Å². The van der Waals surface area contributed by atoms with E-state index in [1.54, 1.807) is 6.07 Å². The van der Waals surface area contributed by atoms with Gasteiger partial charge in [-0.15, -0.1) is 21.5 Å². The Morgan fingerprint density at radius 1 is 1.13 bits per heavy atom. The molecule has 1 amide bonds. The van der Waals surface area contributed by atoms with E-state index in [2.05, 4.69) is 25.4 Å². The molecule has 4 heterocycles. The molecule has 0 unspecified atom stereocenters. The lowest BCUT2D eigenvalue weighted by Crippen LogP contribution is -2.45. The van der Waals surface area contributed by atoms with Crippen molar-refractivity contribution in [2.24, 2.45) is 0 Å². The number of aromatic carboxylic acids is 1. The van der Waals surface area contributed by atoms with E-state index in [4.69, 9.17) is 11.6 Å². The van der Waals surface area contributed by atoms with E-state index >= 15 is 0 Å². The highest BCUT2D eigenvalue weighted by molar-refractivity contribution is 7.23. The van der Waals surface area contributed by atoms with Crippen LogP contribution in [0.15, 0.2) is 24.3 Å². The monoisotopic (exact) mass is 570 g/mol. The van der Waals surface area contributed by atoms with Crippen molar-refractivity contribution in [3.63, 3.8) is 0 Å². The number of benzene rings is 1. The number of piperidine rings is 1. The van der Waals surface area contributed by atoms with Crippen LogP contribution in [-0.2, 0) is 13.0 Å². The molecule has 1 saturated heterocycles. The van der Waals surface area contributed by atoms with Gasteiger partial charge in [-0.05, 0) is 61.9 Å². The summed E-state index contributed by atoms with van der Waals surface area (Å²) in [6.07, 6.45) is 4.99. The van der Waals surface area contributed by atoms with E-state index in [-0.39, 0.29) is 23.3 Å². The van der Waals surface area contributed by atoms with Crippen LogP contribution in [0.1, 0.15) is 64.2 Å². The molecular formula is C26H27ClN6O3S2. The minimum atomic E-state index is -1.02. The van der Waals surface area contributed by atoms with Crippen molar-refractivity contribution in [1.29, 1.82) is 0 Å². The van der Waals surface area contributed by atoms with Crippen LogP contribution in [0.4, 0.5) is 0 Å². The molecule has 198 valence electrons. The third-order valence-corrected chi connectivity index (χ3v) is 9.53. The Morgan fingerprint density at radius 3 is 2.58 bits per heavy atom. The van der Waals surface area contributed by atoms with Crippen LogP contribution in [-0.4, -0.2) is 66.8 Å². The summed E-state index contributed by atoms with van der Waals surface area (Å²) in [6, 6.07) is 7.77. The third kappa shape index (κ3) is 5.07. The summed E-state index contributed by atoms with van der Waals surface area (Å²) in [6.45, 7) is 4.26. The summed E-state index contributed by atoms with van der Waals surface area (Å²) in [5.74, 6) is -1.01. The average Bonchev–Trinajstić information content (AvgIpc) is 3.32. The van der Waals surface area contributed by atoms with Gasteiger partial charge in [0.15, 0.2) is 10.8 Å². The van der Waals surface area contributed by atoms with Gasteiger partial charge >= 0.3 is 5.97 Å². The average molecular weight is 571 g/mol. The predicted molar refractivity (Wildman–Crippen MR) is 148 cm³/mol. The van der Waals surface area contributed by atoms with Crippen LogP contribution in [0, 0.1) is 0 Å². The molecule has 2 N–H and O–H groups in total. The largest absolute Gasteiger partial charge is 0.478 e. The Bertz CT molecular complexity index is 1520. The fourth-order valence-electron chi connectivity index (χ4n) is 5.16. The Balaban J connectivity index is 1.33. The molecule has 2 aliphatic rings. The molecule has 12 heteroatoms. The van der Waals surface area contributed by atoms with Gasteiger partial charge in [0, 0.05) is 25.2 Å². The lowest BCUT2D eigenvalue weighted by molar-refractivity contribution is 0.0696. The van der Waals surface area contributed by atoms with E-state index in [0.717, 1.165) is 57.9 Å². The number of carboxylic acids is 1. The maximum Gasteiger partial charge on any atom is 0.335 e. The van der Waals surface area contributed by atoms with E-state index in [1.165, 1.54) is 41.6 Å². The first kappa shape index (κ1) is 25.4. The predicted octanol–water partition coefficient (Wildman–Crippen LogP) is 4.94. The zero-order valence-electron chi connectivity index (χ0n) is 20.8. The van der Waals surface area contributed by atoms with E-state index in [0.29, 0.717) is 22.8 Å². The molecule has 0 bridgehead atoms. The van der Waals surface area contributed by atoms with Crippen molar-refractivity contribution in [1.82, 2.24) is 30.0 Å². The van der Waals surface area contributed by atoms with Gasteiger partial charge in [-0.3, -0.25) is 4.79 Å². The zero-order valence-corrected chi connectivity index (χ0v) is 23.2. The highest BCUT2D eigenvalue weighted by atomic mass is 35.5. The number of carbonyl (C=O) groups excluding carboxylic acids is 1. The van der Waals surface area contributed by atoms with Gasteiger partial charge in [0.25, 0.3) is 5.91 Å². The second kappa shape index (κ2) is 10.4.